The van der Waals surface area contributed by atoms with Gasteiger partial charge in [-0.2, -0.15) is 0 Å². The normalized spacial score (nSPS) is 11.0. The van der Waals surface area contributed by atoms with Gasteiger partial charge in [0.2, 0.25) is 5.91 Å². The third kappa shape index (κ3) is 5.03. The van der Waals surface area contributed by atoms with Crippen molar-refractivity contribution < 1.29 is 9.18 Å². The summed E-state index contributed by atoms with van der Waals surface area (Å²) in [5.41, 5.74) is 3.54. The van der Waals surface area contributed by atoms with Gasteiger partial charge < -0.3 is 5.32 Å². The number of amides is 1. The molecule has 1 N–H and O–H groups in total. The van der Waals surface area contributed by atoms with Gasteiger partial charge in [-0.1, -0.05) is 49.7 Å². The number of likely N-dealkylation sites (N-methyl/N-ethyl adjacent to an activating group) is 1. The molecule has 134 valence electrons. The highest BCUT2D eigenvalue weighted by molar-refractivity contribution is 6.31. The van der Waals surface area contributed by atoms with Crippen LogP contribution in [0.2, 0.25) is 5.02 Å². The highest BCUT2D eigenvalue weighted by Crippen LogP contribution is 2.23. The number of halogens is 2. The number of rotatable bonds is 7. The number of carbonyl (C=O) groups excluding carboxylic acids is 1. The number of hydrogen-bond donors (Lipinski definition) is 1. The van der Waals surface area contributed by atoms with Gasteiger partial charge in [-0.05, 0) is 43.1 Å². The molecular formula is C20H24ClFN2O. The molecule has 0 aromatic heterocycles. The quantitative estimate of drug-likeness (QED) is 0.776. The standard InChI is InChI=1S/C20H24ClFN2O/c1-4-14-8-6-9-15(5-2)20(14)23-19(25)13-24(3)12-16-17(21)10-7-11-18(16)22/h6-11H,4-5,12-13H2,1-3H3,(H,23,25). The lowest BCUT2D eigenvalue weighted by atomic mass is 10.0. The second-order valence-electron chi connectivity index (χ2n) is 6.08. The molecule has 25 heavy (non-hydrogen) atoms. The number of aryl methyl sites for hydroxylation is 2. The van der Waals surface area contributed by atoms with E-state index in [0.29, 0.717) is 10.6 Å². The maximum Gasteiger partial charge on any atom is 0.238 e. The summed E-state index contributed by atoms with van der Waals surface area (Å²) < 4.78 is 13.9. The van der Waals surface area contributed by atoms with Gasteiger partial charge in [-0.25, -0.2) is 4.39 Å². The van der Waals surface area contributed by atoms with E-state index in [9.17, 15) is 9.18 Å². The molecule has 0 radical (unpaired) electrons. The van der Waals surface area contributed by atoms with Crippen LogP contribution in [0.1, 0.15) is 30.5 Å². The van der Waals surface area contributed by atoms with E-state index in [1.165, 1.54) is 6.07 Å². The zero-order valence-corrected chi connectivity index (χ0v) is 15.7. The molecule has 0 saturated carbocycles. The third-order valence-corrected chi connectivity index (χ3v) is 4.52. The van der Waals surface area contributed by atoms with Crippen molar-refractivity contribution in [3.8, 4) is 0 Å². The van der Waals surface area contributed by atoms with Crippen LogP contribution >= 0.6 is 11.6 Å². The Labute approximate surface area is 153 Å². The van der Waals surface area contributed by atoms with Crippen LogP contribution in [0.3, 0.4) is 0 Å². The van der Waals surface area contributed by atoms with Gasteiger partial charge in [0.05, 0.1) is 6.54 Å². The second kappa shape index (κ2) is 8.97. The predicted molar refractivity (Wildman–Crippen MR) is 102 cm³/mol. The fourth-order valence-electron chi connectivity index (χ4n) is 2.84. The van der Waals surface area contributed by atoms with Crippen molar-refractivity contribution >= 4 is 23.2 Å². The first-order valence-electron chi connectivity index (χ1n) is 8.48. The Kier molecular flexibility index (Phi) is 6.97. The molecule has 2 aromatic carbocycles. The summed E-state index contributed by atoms with van der Waals surface area (Å²) in [4.78, 5) is 14.2. The average Bonchev–Trinajstić information content (AvgIpc) is 2.58. The lowest BCUT2D eigenvalue weighted by Crippen LogP contribution is -2.30. The number of hydrogen-bond acceptors (Lipinski definition) is 2. The fourth-order valence-corrected chi connectivity index (χ4v) is 3.06. The number of nitrogens with zero attached hydrogens (tertiary/aromatic N) is 1. The van der Waals surface area contributed by atoms with Gasteiger partial charge in [0.25, 0.3) is 0 Å². The van der Waals surface area contributed by atoms with Crippen molar-refractivity contribution in [2.45, 2.75) is 33.2 Å². The van der Waals surface area contributed by atoms with E-state index in [2.05, 4.69) is 19.2 Å². The van der Waals surface area contributed by atoms with E-state index in [4.69, 9.17) is 11.6 Å². The highest BCUT2D eigenvalue weighted by atomic mass is 35.5. The molecule has 0 unspecified atom stereocenters. The van der Waals surface area contributed by atoms with Crippen molar-refractivity contribution in [2.75, 3.05) is 18.9 Å². The molecule has 0 spiro atoms. The third-order valence-electron chi connectivity index (χ3n) is 4.17. The SMILES string of the molecule is CCc1cccc(CC)c1NC(=O)CN(C)Cc1c(F)cccc1Cl. The van der Waals surface area contributed by atoms with Crippen molar-refractivity contribution in [1.82, 2.24) is 4.90 Å². The Balaban J connectivity index is 2.05. The van der Waals surface area contributed by atoms with Gasteiger partial charge in [0.15, 0.2) is 0 Å². The first-order valence-corrected chi connectivity index (χ1v) is 8.86. The van der Waals surface area contributed by atoms with Gasteiger partial charge in [-0.15, -0.1) is 0 Å². The van der Waals surface area contributed by atoms with Crippen molar-refractivity contribution in [3.63, 3.8) is 0 Å². The lowest BCUT2D eigenvalue weighted by molar-refractivity contribution is -0.117. The summed E-state index contributed by atoms with van der Waals surface area (Å²) in [6, 6.07) is 10.7. The predicted octanol–water partition coefficient (Wildman–Crippen LogP) is 4.67. The Morgan fingerprint density at radius 2 is 1.72 bits per heavy atom. The molecule has 5 heteroatoms. The summed E-state index contributed by atoms with van der Waals surface area (Å²) >= 11 is 6.05. The largest absolute Gasteiger partial charge is 0.324 e. The Hall–Kier alpha value is -1.91. The van der Waals surface area contributed by atoms with Crippen molar-refractivity contribution in [1.29, 1.82) is 0 Å². The fraction of sp³-hybridized carbons (Fsp3) is 0.350. The van der Waals surface area contributed by atoms with Gasteiger partial charge in [0.1, 0.15) is 5.82 Å². The van der Waals surface area contributed by atoms with Crippen LogP contribution in [0.5, 0.6) is 0 Å². The number of nitrogens with one attached hydrogen (secondary N) is 1. The smallest absolute Gasteiger partial charge is 0.238 e. The van der Waals surface area contributed by atoms with Crippen LogP contribution in [0, 0.1) is 5.82 Å². The molecular weight excluding hydrogens is 339 g/mol. The van der Waals surface area contributed by atoms with Crippen LogP contribution in [0.15, 0.2) is 36.4 Å². The van der Waals surface area contributed by atoms with Gasteiger partial charge >= 0.3 is 0 Å². The monoisotopic (exact) mass is 362 g/mol. The summed E-state index contributed by atoms with van der Waals surface area (Å²) in [5.74, 6) is -0.477. The molecule has 0 aliphatic rings. The van der Waals surface area contributed by atoms with Crippen molar-refractivity contribution in [3.05, 3.63) is 63.9 Å². The number of para-hydroxylation sites is 1. The molecule has 2 rings (SSSR count). The van der Waals surface area contributed by atoms with Crippen LogP contribution in [-0.2, 0) is 24.2 Å². The van der Waals surface area contributed by atoms with E-state index < -0.39 is 0 Å². The highest BCUT2D eigenvalue weighted by Gasteiger charge is 2.14. The van der Waals surface area contributed by atoms with E-state index >= 15 is 0 Å². The molecule has 0 fully saturated rings. The minimum absolute atomic E-state index is 0.120. The first-order chi connectivity index (χ1) is 12.0. The van der Waals surface area contributed by atoms with Crippen molar-refractivity contribution in [2.24, 2.45) is 0 Å². The minimum Gasteiger partial charge on any atom is -0.324 e. The molecule has 0 aliphatic heterocycles. The topological polar surface area (TPSA) is 32.3 Å². The Bertz CT molecular complexity index is 706. The Morgan fingerprint density at radius 3 is 2.28 bits per heavy atom. The molecule has 3 nitrogen and oxygen atoms in total. The van der Waals surface area contributed by atoms with E-state index in [-0.39, 0.29) is 24.8 Å². The maximum atomic E-state index is 13.9. The molecule has 0 aliphatic carbocycles. The molecule has 0 atom stereocenters. The number of carbonyl (C=O) groups is 1. The molecule has 2 aromatic rings. The van der Waals surface area contributed by atoms with Gasteiger partial charge in [-0.3, -0.25) is 9.69 Å². The molecule has 0 bridgehead atoms. The summed E-state index contributed by atoms with van der Waals surface area (Å²) in [5, 5.41) is 3.39. The summed E-state index contributed by atoms with van der Waals surface area (Å²) in [7, 11) is 1.77. The van der Waals surface area contributed by atoms with Crippen LogP contribution < -0.4 is 5.32 Å². The van der Waals surface area contributed by atoms with Gasteiger partial charge in [0, 0.05) is 22.8 Å². The average molecular weight is 363 g/mol. The van der Waals surface area contributed by atoms with Crippen LogP contribution in [0.25, 0.3) is 0 Å². The lowest BCUT2D eigenvalue weighted by Gasteiger charge is -2.19. The maximum absolute atomic E-state index is 13.9. The molecule has 1 amide bonds. The van der Waals surface area contributed by atoms with E-state index in [1.807, 2.05) is 18.2 Å². The van der Waals surface area contributed by atoms with E-state index in [1.54, 1.807) is 24.1 Å². The minimum atomic E-state index is -0.357. The number of benzene rings is 2. The summed E-state index contributed by atoms with van der Waals surface area (Å²) in [6.07, 6.45) is 1.70. The molecule has 0 heterocycles. The Morgan fingerprint density at radius 1 is 1.12 bits per heavy atom. The zero-order chi connectivity index (χ0) is 18.4. The zero-order valence-electron chi connectivity index (χ0n) is 14.9. The van der Waals surface area contributed by atoms with Crippen LogP contribution in [0.4, 0.5) is 10.1 Å². The summed E-state index contributed by atoms with van der Waals surface area (Å²) in [6.45, 7) is 4.56. The first kappa shape index (κ1) is 19.4. The number of anilines is 1. The molecule has 0 saturated heterocycles. The van der Waals surface area contributed by atoms with Crippen LogP contribution in [-0.4, -0.2) is 24.4 Å². The second-order valence-corrected chi connectivity index (χ2v) is 6.49. The van der Waals surface area contributed by atoms with E-state index in [0.717, 1.165) is 29.7 Å².